The molecule has 2 nitrogen and oxygen atoms in total. The molecule has 0 aromatic heterocycles. The van der Waals surface area contributed by atoms with E-state index in [9.17, 15) is 4.79 Å². The van der Waals surface area contributed by atoms with Gasteiger partial charge >= 0.3 is 0 Å². The Kier molecular flexibility index (Phi) is 4.81. The standard InChI is InChI=1S/C13H18ClNO/c1-9(2)12(14)8-15-13(16)11-7-5-4-6-10(11)3/h4-7,9,12H,8H2,1-3H3,(H,15,16). The van der Waals surface area contributed by atoms with Crippen molar-refractivity contribution >= 4 is 17.5 Å². The number of aryl methyl sites for hydroxylation is 1. The second-order valence-corrected chi connectivity index (χ2v) is 4.85. The van der Waals surface area contributed by atoms with Crippen LogP contribution in [0.2, 0.25) is 0 Å². The maximum absolute atomic E-state index is 11.8. The summed E-state index contributed by atoms with van der Waals surface area (Å²) in [6.45, 7) is 6.51. The quantitative estimate of drug-likeness (QED) is 0.805. The van der Waals surface area contributed by atoms with Gasteiger partial charge in [0, 0.05) is 12.1 Å². The Hall–Kier alpha value is -1.02. The van der Waals surface area contributed by atoms with Gasteiger partial charge in [-0.1, -0.05) is 32.0 Å². The zero-order valence-electron chi connectivity index (χ0n) is 9.96. The molecular formula is C13H18ClNO. The van der Waals surface area contributed by atoms with E-state index < -0.39 is 0 Å². The Morgan fingerprint density at radius 3 is 2.56 bits per heavy atom. The van der Waals surface area contributed by atoms with Gasteiger partial charge in [-0.2, -0.15) is 0 Å². The van der Waals surface area contributed by atoms with Crippen LogP contribution in [0.1, 0.15) is 29.8 Å². The highest BCUT2D eigenvalue weighted by Crippen LogP contribution is 2.09. The van der Waals surface area contributed by atoms with E-state index in [1.807, 2.05) is 45.0 Å². The first kappa shape index (κ1) is 13.0. The molecule has 1 unspecified atom stereocenters. The van der Waals surface area contributed by atoms with Crippen LogP contribution in [0, 0.1) is 12.8 Å². The molecule has 0 radical (unpaired) electrons. The fourth-order valence-corrected chi connectivity index (χ4v) is 1.43. The maximum Gasteiger partial charge on any atom is 0.251 e. The average Bonchev–Trinajstić information content (AvgIpc) is 2.25. The third-order valence-electron chi connectivity index (χ3n) is 2.57. The highest BCUT2D eigenvalue weighted by atomic mass is 35.5. The molecule has 0 saturated carbocycles. The molecule has 3 heteroatoms. The van der Waals surface area contributed by atoms with Gasteiger partial charge < -0.3 is 5.32 Å². The van der Waals surface area contributed by atoms with Crippen LogP contribution in [-0.4, -0.2) is 17.8 Å². The Labute approximate surface area is 102 Å². The van der Waals surface area contributed by atoms with Crippen LogP contribution in [0.25, 0.3) is 0 Å². The minimum atomic E-state index is -0.0515. The Bertz CT molecular complexity index is 363. The first-order valence-electron chi connectivity index (χ1n) is 5.50. The van der Waals surface area contributed by atoms with Gasteiger partial charge in [0.15, 0.2) is 0 Å². The lowest BCUT2D eigenvalue weighted by Crippen LogP contribution is -2.32. The molecule has 88 valence electrons. The third kappa shape index (κ3) is 3.53. The summed E-state index contributed by atoms with van der Waals surface area (Å²) in [6.07, 6.45) is 0. The number of alkyl halides is 1. The SMILES string of the molecule is Cc1ccccc1C(=O)NCC(Cl)C(C)C. The predicted octanol–water partition coefficient (Wildman–Crippen LogP) is 2.99. The first-order chi connectivity index (χ1) is 7.52. The van der Waals surface area contributed by atoms with Crippen LogP contribution >= 0.6 is 11.6 Å². The van der Waals surface area contributed by atoms with Crippen molar-refractivity contribution in [3.8, 4) is 0 Å². The van der Waals surface area contributed by atoms with Crippen molar-refractivity contribution in [2.75, 3.05) is 6.54 Å². The minimum absolute atomic E-state index is 0.0204. The van der Waals surface area contributed by atoms with Crippen molar-refractivity contribution in [2.45, 2.75) is 26.1 Å². The van der Waals surface area contributed by atoms with Crippen LogP contribution in [0.15, 0.2) is 24.3 Å². The molecule has 0 aliphatic carbocycles. The van der Waals surface area contributed by atoms with Gasteiger partial charge in [-0.3, -0.25) is 4.79 Å². The van der Waals surface area contributed by atoms with Gasteiger partial charge in [0.05, 0.1) is 5.38 Å². The molecule has 0 aliphatic rings. The second kappa shape index (κ2) is 5.90. The summed E-state index contributed by atoms with van der Waals surface area (Å²) in [5.74, 6) is 0.309. The molecule has 1 aromatic carbocycles. The van der Waals surface area contributed by atoms with E-state index in [0.717, 1.165) is 11.1 Å². The van der Waals surface area contributed by atoms with E-state index in [1.165, 1.54) is 0 Å². The summed E-state index contributed by atoms with van der Waals surface area (Å²) >= 11 is 6.07. The van der Waals surface area contributed by atoms with Crippen LogP contribution in [-0.2, 0) is 0 Å². The lowest BCUT2D eigenvalue weighted by atomic mass is 10.1. The van der Waals surface area contributed by atoms with E-state index >= 15 is 0 Å². The Morgan fingerprint density at radius 1 is 1.38 bits per heavy atom. The number of carbonyl (C=O) groups is 1. The van der Waals surface area contributed by atoms with E-state index in [2.05, 4.69) is 5.32 Å². The highest BCUT2D eigenvalue weighted by Gasteiger charge is 2.12. The van der Waals surface area contributed by atoms with E-state index in [-0.39, 0.29) is 11.3 Å². The highest BCUT2D eigenvalue weighted by molar-refractivity contribution is 6.21. The smallest absolute Gasteiger partial charge is 0.251 e. The molecule has 0 saturated heterocycles. The molecule has 0 fully saturated rings. The first-order valence-corrected chi connectivity index (χ1v) is 5.94. The molecule has 0 heterocycles. The molecule has 0 aliphatic heterocycles. The monoisotopic (exact) mass is 239 g/mol. The number of halogens is 1. The fourth-order valence-electron chi connectivity index (χ4n) is 1.35. The molecule has 1 rings (SSSR count). The number of carbonyl (C=O) groups excluding carboxylic acids is 1. The van der Waals surface area contributed by atoms with Gasteiger partial charge in [-0.25, -0.2) is 0 Å². The molecule has 1 aromatic rings. The van der Waals surface area contributed by atoms with E-state index in [4.69, 9.17) is 11.6 Å². The molecular weight excluding hydrogens is 222 g/mol. The predicted molar refractivity (Wildman–Crippen MR) is 68.0 cm³/mol. The third-order valence-corrected chi connectivity index (χ3v) is 3.23. The number of rotatable bonds is 4. The van der Waals surface area contributed by atoms with Crippen molar-refractivity contribution in [3.63, 3.8) is 0 Å². The molecule has 16 heavy (non-hydrogen) atoms. The zero-order chi connectivity index (χ0) is 12.1. The Morgan fingerprint density at radius 2 is 2.00 bits per heavy atom. The van der Waals surface area contributed by atoms with Crippen LogP contribution < -0.4 is 5.32 Å². The summed E-state index contributed by atoms with van der Waals surface area (Å²) in [6, 6.07) is 7.53. The normalized spacial score (nSPS) is 12.6. The molecule has 0 bridgehead atoms. The van der Waals surface area contributed by atoms with E-state index in [1.54, 1.807) is 0 Å². The molecule has 1 amide bonds. The van der Waals surface area contributed by atoms with Gasteiger partial charge in [0.25, 0.3) is 5.91 Å². The fraction of sp³-hybridized carbons (Fsp3) is 0.462. The largest absolute Gasteiger partial charge is 0.351 e. The number of amides is 1. The van der Waals surface area contributed by atoms with Crippen molar-refractivity contribution < 1.29 is 4.79 Å². The number of hydrogen-bond acceptors (Lipinski definition) is 1. The van der Waals surface area contributed by atoms with E-state index in [0.29, 0.717) is 12.5 Å². The van der Waals surface area contributed by atoms with Crippen molar-refractivity contribution in [1.29, 1.82) is 0 Å². The zero-order valence-corrected chi connectivity index (χ0v) is 10.7. The molecule has 0 spiro atoms. The summed E-state index contributed by atoms with van der Waals surface area (Å²) in [7, 11) is 0. The second-order valence-electron chi connectivity index (χ2n) is 4.28. The lowest BCUT2D eigenvalue weighted by Gasteiger charge is -2.14. The van der Waals surface area contributed by atoms with Crippen LogP contribution in [0.5, 0.6) is 0 Å². The average molecular weight is 240 g/mol. The number of hydrogen-bond donors (Lipinski definition) is 1. The topological polar surface area (TPSA) is 29.1 Å². The summed E-state index contributed by atoms with van der Waals surface area (Å²) < 4.78 is 0. The summed E-state index contributed by atoms with van der Waals surface area (Å²) in [4.78, 5) is 11.8. The van der Waals surface area contributed by atoms with Crippen LogP contribution in [0.4, 0.5) is 0 Å². The summed E-state index contributed by atoms with van der Waals surface area (Å²) in [5.41, 5.74) is 1.70. The van der Waals surface area contributed by atoms with Crippen LogP contribution in [0.3, 0.4) is 0 Å². The summed E-state index contributed by atoms with van der Waals surface area (Å²) in [5, 5.41) is 2.83. The Balaban J connectivity index is 2.57. The van der Waals surface area contributed by atoms with Gasteiger partial charge in [-0.05, 0) is 24.5 Å². The number of nitrogens with one attached hydrogen (secondary N) is 1. The van der Waals surface area contributed by atoms with Crippen molar-refractivity contribution in [2.24, 2.45) is 5.92 Å². The van der Waals surface area contributed by atoms with Crippen molar-refractivity contribution in [3.05, 3.63) is 35.4 Å². The van der Waals surface area contributed by atoms with Gasteiger partial charge in [0.1, 0.15) is 0 Å². The number of benzene rings is 1. The van der Waals surface area contributed by atoms with Crippen molar-refractivity contribution in [1.82, 2.24) is 5.32 Å². The minimum Gasteiger partial charge on any atom is -0.351 e. The lowest BCUT2D eigenvalue weighted by molar-refractivity contribution is 0.0952. The molecule has 1 atom stereocenters. The maximum atomic E-state index is 11.8. The van der Waals surface area contributed by atoms with Gasteiger partial charge in [0.2, 0.25) is 0 Å². The molecule has 1 N–H and O–H groups in total. The van der Waals surface area contributed by atoms with Gasteiger partial charge in [-0.15, -0.1) is 11.6 Å².